The minimum absolute atomic E-state index is 0.106. The molecule has 2 unspecified atom stereocenters. The molecule has 1 heterocycles. The van der Waals surface area contributed by atoms with Gasteiger partial charge in [-0.15, -0.1) is 0 Å². The van der Waals surface area contributed by atoms with Crippen LogP contribution < -0.4 is 4.90 Å². The Balaban J connectivity index is 2.11. The van der Waals surface area contributed by atoms with Gasteiger partial charge in [-0.3, -0.25) is 4.90 Å². The highest BCUT2D eigenvalue weighted by atomic mass is 16.3. The summed E-state index contributed by atoms with van der Waals surface area (Å²) in [7, 11) is 0. The molecular weight excluding hydrogens is 286 g/mol. The fraction of sp³-hybridized carbons (Fsp3) is 0.684. The zero-order chi connectivity index (χ0) is 16.8. The summed E-state index contributed by atoms with van der Waals surface area (Å²) in [4.78, 5) is 7.29. The molecule has 0 aromatic heterocycles. The van der Waals surface area contributed by atoms with E-state index in [0.717, 1.165) is 39.3 Å². The summed E-state index contributed by atoms with van der Waals surface area (Å²) in [5, 5.41) is 9.98. The van der Waals surface area contributed by atoms with Gasteiger partial charge < -0.3 is 14.9 Å². The second-order valence-corrected chi connectivity index (χ2v) is 6.44. The SMILES string of the molecule is CCN1CCN(C(CO)c2ccc(N(CC)CC)cc2)C(C)C1. The molecule has 4 nitrogen and oxygen atoms in total. The normalized spacial score (nSPS) is 21.3. The smallest absolute Gasteiger partial charge is 0.0628 e. The van der Waals surface area contributed by atoms with Gasteiger partial charge in [0.2, 0.25) is 0 Å². The van der Waals surface area contributed by atoms with Crippen molar-refractivity contribution in [2.45, 2.75) is 39.8 Å². The molecule has 2 atom stereocenters. The molecule has 23 heavy (non-hydrogen) atoms. The zero-order valence-electron chi connectivity index (χ0n) is 15.2. The second kappa shape index (κ2) is 8.67. The first kappa shape index (κ1) is 18.2. The Kier molecular flexibility index (Phi) is 6.88. The van der Waals surface area contributed by atoms with Gasteiger partial charge in [0, 0.05) is 44.5 Å². The average molecular weight is 319 g/mol. The molecule has 130 valence electrons. The first-order valence-electron chi connectivity index (χ1n) is 9.08. The number of rotatable bonds is 7. The third-order valence-electron chi connectivity index (χ3n) is 5.19. The lowest BCUT2D eigenvalue weighted by Gasteiger charge is -2.43. The third-order valence-corrected chi connectivity index (χ3v) is 5.19. The van der Waals surface area contributed by atoms with Gasteiger partial charge >= 0.3 is 0 Å². The minimum Gasteiger partial charge on any atom is -0.394 e. The maximum atomic E-state index is 9.98. The van der Waals surface area contributed by atoms with Crippen LogP contribution in [0, 0.1) is 0 Å². The van der Waals surface area contributed by atoms with Crippen molar-refractivity contribution in [3.63, 3.8) is 0 Å². The van der Waals surface area contributed by atoms with Crippen molar-refractivity contribution in [1.82, 2.24) is 9.80 Å². The Labute approximate surface area is 141 Å². The van der Waals surface area contributed by atoms with E-state index in [0.29, 0.717) is 6.04 Å². The van der Waals surface area contributed by atoms with Crippen molar-refractivity contribution in [2.75, 3.05) is 50.8 Å². The molecule has 1 N–H and O–H groups in total. The van der Waals surface area contributed by atoms with Gasteiger partial charge in [-0.1, -0.05) is 19.1 Å². The second-order valence-electron chi connectivity index (χ2n) is 6.44. The van der Waals surface area contributed by atoms with Crippen molar-refractivity contribution in [1.29, 1.82) is 0 Å². The van der Waals surface area contributed by atoms with E-state index in [1.807, 2.05) is 0 Å². The molecule has 4 heteroatoms. The van der Waals surface area contributed by atoms with E-state index in [-0.39, 0.29) is 12.6 Å². The molecule has 0 saturated carbocycles. The van der Waals surface area contributed by atoms with Gasteiger partial charge in [-0.2, -0.15) is 0 Å². The molecule has 0 spiro atoms. The lowest BCUT2D eigenvalue weighted by molar-refractivity contribution is 0.0271. The quantitative estimate of drug-likeness (QED) is 0.837. The van der Waals surface area contributed by atoms with Crippen LogP contribution in [0.15, 0.2) is 24.3 Å². The maximum absolute atomic E-state index is 9.98. The molecule has 0 radical (unpaired) electrons. The number of piperazine rings is 1. The van der Waals surface area contributed by atoms with Crippen molar-refractivity contribution < 1.29 is 5.11 Å². The summed E-state index contributed by atoms with van der Waals surface area (Å²) in [6.07, 6.45) is 0. The molecule has 1 saturated heterocycles. The average Bonchev–Trinajstić information content (AvgIpc) is 2.59. The molecule has 2 rings (SSSR count). The Morgan fingerprint density at radius 2 is 1.78 bits per heavy atom. The number of likely N-dealkylation sites (N-methyl/N-ethyl adjacent to an activating group) is 1. The standard InChI is InChI=1S/C19H33N3O/c1-5-20-12-13-22(16(4)14-20)19(15-23)17-8-10-18(11-9-17)21(6-2)7-3/h8-11,16,19,23H,5-7,12-15H2,1-4H3. The van der Waals surface area contributed by atoms with Crippen LogP contribution in [0.5, 0.6) is 0 Å². The fourth-order valence-electron chi connectivity index (χ4n) is 3.70. The molecule has 0 aliphatic carbocycles. The monoisotopic (exact) mass is 319 g/mol. The summed E-state index contributed by atoms with van der Waals surface area (Å²) in [6.45, 7) is 15.4. The number of benzene rings is 1. The summed E-state index contributed by atoms with van der Waals surface area (Å²) in [5.41, 5.74) is 2.49. The molecular formula is C19H33N3O. The summed E-state index contributed by atoms with van der Waals surface area (Å²) in [6, 6.07) is 9.34. The van der Waals surface area contributed by atoms with Gasteiger partial charge in [-0.05, 0) is 45.0 Å². The van der Waals surface area contributed by atoms with Crippen LogP contribution in [-0.4, -0.2) is 66.8 Å². The number of hydrogen-bond acceptors (Lipinski definition) is 4. The highest BCUT2D eigenvalue weighted by Crippen LogP contribution is 2.27. The summed E-state index contributed by atoms with van der Waals surface area (Å²) >= 11 is 0. The van der Waals surface area contributed by atoms with Gasteiger partial charge in [0.15, 0.2) is 0 Å². The van der Waals surface area contributed by atoms with Gasteiger partial charge in [0.25, 0.3) is 0 Å². The van der Waals surface area contributed by atoms with Gasteiger partial charge in [0.05, 0.1) is 12.6 Å². The van der Waals surface area contributed by atoms with Crippen LogP contribution in [0.4, 0.5) is 5.69 Å². The van der Waals surface area contributed by atoms with Crippen LogP contribution in [0.1, 0.15) is 39.3 Å². The van der Waals surface area contributed by atoms with E-state index < -0.39 is 0 Å². The Bertz CT molecular complexity index is 458. The van der Waals surface area contributed by atoms with E-state index in [9.17, 15) is 5.11 Å². The topological polar surface area (TPSA) is 30.0 Å². The predicted octanol–water partition coefficient (Wildman–Crippen LogP) is 2.59. The molecule has 0 bridgehead atoms. The first-order chi connectivity index (χ1) is 11.1. The number of aliphatic hydroxyl groups is 1. The molecule has 1 aromatic carbocycles. The van der Waals surface area contributed by atoms with E-state index >= 15 is 0 Å². The number of hydrogen-bond donors (Lipinski definition) is 1. The number of aliphatic hydroxyl groups excluding tert-OH is 1. The Morgan fingerprint density at radius 3 is 2.26 bits per heavy atom. The summed E-state index contributed by atoms with van der Waals surface area (Å²) < 4.78 is 0. The highest BCUT2D eigenvalue weighted by Gasteiger charge is 2.29. The predicted molar refractivity (Wildman–Crippen MR) is 98.1 cm³/mol. The van der Waals surface area contributed by atoms with E-state index in [4.69, 9.17) is 0 Å². The van der Waals surface area contributed by atoms with Crippen LogP contribution in [0.3, 0.4) is 0 Å². The number of anilines is 1. The third kappa shape index (κ3) is 4.25. The zero-order valence-corrected chi connectivity index (χ0v) is 15.2. The minimum atomic E-state index is 0.106. The lowest BCUT2D eigenvalue weighted by Crippen LogP contribution is -2.53. The van der Waals surface area contributed by atoms with Crippen LogP contribution in [-0.2, 0) is 0 Å². The fourth-order valence-corrected chi connectivity index (χ4v) is 3.70. The van der Waals surface area contributed by atoms with Crippen molar-refractivity contribution in [3.8, 4) is 0 Å². The molecule has 1 aliphatic heterocycles. The van der Waals surface area contributed by atoms with Crippen molar-refractivity contribution in [3.05, 3.63) is 29.8 Å². The molecule has 1 aromatic rings. The molecule has 1 aliphatic rings. The van der Waals surface area contributed by atoms with E-state index in [1.165, 1.54) is 11.3 Å². The van der Waals surface area contributed by atoms with Crippen molar-refractivity contribution >= 4 is 5.69 Å². The van der Waals surface area contributed by atoms with Crippen LogP contribution >= 0.6 is 0 Å². The molecule has 0 amide bonds. The maximum Gasteiger partial charge on any atom is 0.0628 e. The number of nitrogens with zero attached hydrogens (tertiary/aromatic N) is 3. The van der Waals surface area contributed by atoms with E-state index in [2.05, 4.69) is 66.7 Å². The van der Waals surface area contributed by atoms with E-state index in [1.54, 1.807) is 0 Å². The van der Waals surface area contributed by atoms with Crippen LogP contribution in [0.2, 0.25) is 0 Å². The molecule has 1 fully saturated rings. The summed E-state index contributed by atoms with van der Waals surface area (Å²) in [5.74, 6) is 0. The lowest BCUT2D eigenvalue weighted by atomic mass is 10.0. The highest BCUT2D eigenvalue weighted by molar-refractivity contribution is 5.47. The Hall–Kier alpha value is -1.10. The van der Waals surface area contributed by atoms with Gasteiger partial charge in [-0.25, -0.2) is 0 Å². The largest absolute Gasteiger partial charge is 0.394 e. The van der Waals surface area contributed by atoms with Gasteiger partial charge in [0.1, 0.15) is 0 Å². The van der Waals surface area contributed by atoms with Crippen molar-refractivity contribution in [2.24, 2.45) is 0 Å². The van der Waals surface area contributed by atoms with Crippen LogP contribution in [0.25, 0.3) is 0 Å². The first-order valence-corrected chi connectivity index (χ1v) is 9.08. The Morgan fingerprint density at radius 1 is 1.13 bits per heavy atom.